The third-order valence-corrected chi connectivity index (χ3v) is 6.37. The van der Waals surface area contributed by atoms with E-state index in [1.807, 2.05) is 0 Å². The van der Waals surface area contributed by atoms with Crippen LogP contribution in [0.15, 0.2) is 0 Å². The van der Waals surface area contributed by atoms with Gasteiger partial charge in [0.05, 0.1) is 0 Å². The lowest BCUT2D eigenvalue weighted by atomic mass is 10.00. The highest BCUT2D eigenvalue weighted by Gasteiger charge is 2.41. The van der Waals surface area contributed by atoms with Crippen molar-refractivity contribution in [2.24, 2.45) is 5.92 Å². The van der Waals surface area contributed by atoms with Crippen molar-refractivity contribution in [3.05, 3.63) is 0 Å². The second kappa shape index (κ2) is 6.62. The minimum Gasteiger partial charge on any atom is -0.323 e. The fraction of sp³-hybridized carbons (Fsp3) is 1.00. The lowest BCUT2D eigenvalue weighted by Crippen LogP contribution is -2.46. The molecule has 19 heavy (non-hydrogen) atoms. The van der Waals surface area contributed by atoms with Gasteiger partial charge in [0, 0.05) is 12.6 Å². The molecule has 0 amide bonds. The maximum Gasteiger partial charge on any atom is 0.360 e. The quantitative estimate of drug-likeness (QED) is 0.344. The van der Waals surface area contributed by atoms with Gasteiger partial charge in [-0.2, -0.15) is 8.42 Å². The van der Waals surface area contributed by atoms with Crippen LogP contribution in [-0.2, 0) is 14.7 Å². The van der Waals surface area contributed by atoms with Crippen molar-refractivity contribution in [2.45, 2.75) is 37.3 Å². The number of hydrogen-bond acceptors (Lipinski definition) is 5. The van der Waals surface area contributed by atoms with E-state index < -0.39 is 28.9 Å². The summed E-state index contributed by atoms with van der Waals surface area (Å²) in [5.74, 6) is 0.464. The Labute approximate surface area is 112 Å². The largest absolute Gasteiger partial charge is 0.360 e. The molecule has 1 aliphatic heterocycles. The van der Waals surface area contributed by atoms with Crippen LogP contribution in [0.3, 0.4) is 0 Å². The van der Waals surface area contributed by atoms with Gasteiger partial charge in [0.2, 0.25) is 5.11 Å². The number of hydrogen-bond donors (Lipinski definition) is 5. The summed E-state index contributed by atoms with van der Waals surface area (Å²) in [6.45, 7) is 3.25. The maximum absolute atomic E-state index is 11.1. The van der Waals surface area contributed by atoms with Gasteiger partial charge in [0.15, 0.2) is 0 Å². The molecule has 0 saturated carbocycles. The average molecular weight is 316 g/mol. The summed E-state index contributed by atoms with van der Waals surface area (Å²) in [6, 6.07) is -0.406. The van der Waals surface area contributed by atoms with Gasteiger partial charge < -0.3 is 15.1 Å². The molecule has 0 aromatic rings. The molecule has 1 saturated heterocycles. The molecule has 1 rings (SSSR count). The standard InChI is InChI=1S/C9H21N2O6PS/c1-2-7-3-4-8(6-10-5-7)11-9(18(12,13)14)19(15,16)17/h7-11H,2-6H2,1H3,(H2,12,13,14)(H,15,16,17). The zero-order valence-corrected chi connectivity index (χ0v) is 12.4. The van der Waals surface area contributed by atoms with Gasteiger partial charge in [0.25, 0.3) is 10.1 Å². The Morgan fingerprint density at radius 2 is 2.00 bits per heavy atom. The summed E-state index contributed by atoms with van der Waals surface area (Å²) in [5.41, 5.74) is 0. The topological polar surface area (TPSA) is 136 Å². The van der Waals surface area contributed by atoms with E-state index in [1.54, 1.807) is 0 Å². The predicted octanol–water partition coefficient (Wildman–Crippen LogP) is -0.297. The molecule has 0 aliphatic carbocycles. The Morgan fingerprint density at radius 1 is 1.37 bits per heavy atom. The Balaban J connectivity index is 2.73. The van der Waals surface area contributed by atoms with Gasteiger partial charge in [-0.1, -0.05) is 13.3 Å². The van der Waals surface area contributed by atoms with Gasteiger partial charge in [-0.25, -0.2) is 0 Å². The highest BCUT2D eigenvalue weighted by Crippen LogP contribution is 2.42. The Morgan fingerprint density at radius 3 is 2.47 bits per heavy atom. The monoisotopic (exact) mass is 316 g/mol. The van der Waals surface area contributed by atoms with Crippen molar-refractivity contribution in [3.8, 4) is 0 Å². The van der Waals surface area contributed by atoms with Crippen LogP contribution in [0, 0.1) is 5.92 Å². The summed E-state index contributed by atoms with van der Waals surface area (Å²) in [4.78, 5) is 18.0. The molecular formula is C9H21N2O6PS. The van der Waals surface area contributed by atoms with Crippen molar-refractivity contribution in [1.29, 1.82) is 0 Å². The number of nitrogens with one attached hydrogen (secondary N) is 2. The van der Waals surface area contributed by atoms with Crippen LogP contribution in [0.4, 0.5) is 0 Å². The fourth-order valence-corrected chi connectivity index (χ4v) is 4.31. The van der Waals surface area contributed by atoms with E-state index in [9.17, 15) is 13.0 Å². The van der Waals surface area contributed by atoms with E-state index in [0.717, 1.165) is 19.4 Å². The van der Waals surface area contributed by atoms with Gasteiger partial charge in [-0.05, 0) is 25.3 Å². The molecule has 5 N–H and O–H groups in total. The van der Waals surface area contributed by atoms with E-state index in [2.05, 4.69) is 17.6 Å². The highest BCUT2D eigenvalue weighted by atomic mass is 32.2. The van der Waals surface area contributed by atoms with Crippen molar-refractivity contribution in [1.82, 2.24) is 10.6 Å². The second-order valence-electron chi connectivity index (χ2n) is 4.83. The van der Waals surface area contributed by atoms with E-state index in [-0.39, 0.29) is 0 Å². The van der Waals surface area contributed by atoms with Crippen LogP contribution in [-0.4, -0.2) is 47.0 Å². The normalized spacial score (nSPS) is 27.8. The van der Waals surface area contributed by atoms with E-state index >= 15 is 0 Å². The molecule has 1 aliphatic rings. The molecule has 1 fully saturated rings. The zero-order valence-electron chi connectivity index (χ0n) is 10.7. The van der Waals surface area contributed by atoms with Crippen molar-refractivity contribution in [2.75, 3.05) is 13.1 Å². The molecular weight excluding hydrogens is 295 g/mol. The average Bonchev–Trinajstić information content (AvgIpc) is 2.47. The van der Waals surface area contributed by atoms with Crippen LogP contribution >= 0.6 is 7.60 Å². The molecule has 0 radical (unpaired) electrons. The smallest absolute Gasteiger partial charge is 0.323 e. The molecule has 3 unspecified atom stereocenters. The number of rotatable bonds is 5. The van der Waals surface area contributed by atoms with Crippen molar-refractivity contribution < 1.29 is 27.3 Å². The zero-order chi connectivity index (χ0) is 14.7. The molecule has 0 spiro atoms. The molecule has 0 aromatic heterocycles. The first-order valence-electron chi connectivity index (χ1n) is 6.13. The van der Waals surface area contributed by atoms with Crippen LogP contribution < -0.4 is 10.6 Å². The van der Waals surface area contributed by atoms with E-state index in [4.69, 9.17) is 14.3 Å². The van der Waals surface area contributed by atoms with Gasteiger partial charge in [0.1, 0.15) is 0 Å². The Hall–Kier alpha value is -0.0200. The summed E-state index contributed by atoms with van der Waals surface area (Å²) in [6.07, 6.45) is 2.41. The maximum atomic E-state index is 11.1. The molecule has 8 nitrogen and oxygen atoms in total. The van der Waals surface area contributed by atoms with Crippen LogP contribution in [0.5, 0.6) is 0 Å². The second-order valence-corrected chi connectivity index (χ2v) is 8.38. The van der Waals surface area contributed by atoms with Crippen LogP contribution in [0.25, 0.3) is 0 Å². The third-order valence-electron chi connectivity index (χ3n) is 3.29. The lowest BCUT2D eigenvalue weighted by molar-refractivity contribution is 0.343. The van der Waals surface area contributed by atoms with E-state index in [1.165, 1.54) is 0 Å². The minimum absolute atomic E-state index is 0.405. The predicted molar refractivity (Wildman–Crippen MR) is 70.2 cm³/mol. The van der Waals surface area contributed by atoms with Gasteiger partial charge >= 0.3 is 7.60 Å². The fourth-order valence-electron chi connectivity index (χ4n) is 2.15. The molecule has 0 aromatic carbocycles. The van der Waals surface area contributed by atoms with E-state index in [0.29, 0.717) is 18.9 Å². The molecule has 0 bridgehead atoms. The van der Waals surface area contributed by atoms with Crippen LogP contribution in [0.1, 0.15) is 26.2 Å². The van der Waals surface area contributed by atoms with Crippen molar-refractivity contribution in [3.63, 3.8) is 0 Å². The third kappa shape index (κ3) is 5.47. The Kier molecular flexibility index (Phi) is 5.94. The first kappa shape index (κ1) is 17.0. The molecule has 1 heterocycles. The van der Waals surface area contributed by atoms with Crippen LogP contribution in [0.2, 0.25) is 0 Å². The summed E-state index contributed by atoms with van der Waals surface area (Å²) in [7, 11) is -9.83. The molecule has 3 atom stereocenters. The SMILES string of the molecule is CCC1CCC(NC(P(=O)(O)O)S(=O)(=O)O)CNC1. The summed E-state index contributed by atoms with van der Waals surface area (Å²) >= 11 is 0. The minimum atomic E-state index is -4.98. The summed E-state index contributed by atoms with van der Waals surface area (Å²) < 4.78 is 42.1. The first-order valence-corrected chi connectivity index (χ1v) is 9.31. The first-order chi connectivity index (χ1) is 8.64. The molecule has 114 valence electrons. The molecule has 10 heteroatoms. The van der Waals surface area contributed by atoms with Gasteiger partial charge in [-0.15, -0.1) is 0 Å². The van der Waals surface area contributed by atoms with Crippen molar-refractivity contribution >= 4 is 17.7 Å². The Bertz CT molecular complexity index is 436. The highest BCUT2D eigenvalue weighted by molar-refractivity contribution is 7.93. The lowest BCUT2D eigenvalue weighted by Gasteiger charge is -2.23. The van der Waals surface area contributed by atoms with Gasteiger partial charge in [-0.3, -0.25) is 14.4 Å². The summed E-state index contributed by atoms with van der Waals surface area (Å²) in [5, 5.41) is 3.21.